The zero-order chi connectivity index (χ0) is 26.8. The SMILES string of the molecule is COCCOCCN(CC(=O)O)C(=O)c1csc(COc2ccc(-c3cc(F)c(F)cc3SC)cc2)n1. The number of benzene rings is 2. The van der Waals surface area contributed by atoms with Crippen LogP contribution < -0.4 is 4.74 Å². The lowest BCUT2D eigenvalue weighted by molar-refractivity contribution is -0.137. The van der Waals surface area contributed by atoms with Gasteiger partial charge in [-0.15, -0.1) is 23.1 Å². The first-order chi connectivity index (χ1) is 17.8. The third-order valence-electron chi connectivity index (χ3n) is 5.09. The number of hydrogen-bond acceptors (Lipinski definition) is 8. The lowest BCUT2D eigenvalue weighted by Crippen LogP contribution is -2.38. The van der Waals surface area contributed by atoms with Crippen molar-refractivity contribution in [1.29, 1.82) is 0 Å². The van der Waals surface area contributed by atoms with E-state index >= 15 is 0 Å². The average Bonchev–Trinajstić information content (AvgIpc) is 3.37. The quantitative estimate of drug-likeness (QED) is 0.229. The van der Waals surface area contributed by atoms with Gasteiger partial charge in [0.2, 0.25) is 0 Å². The maximum absolute atomic E-state index is 13.8. The van der Waals surface area contributed by atoms with Crippen LogP contribution in [-0.2, 0) is 20.9 Å². The van der Waals surface area contributed by atoms with Crippen molar-refractivity contribution in [3.05, 3.63) is 64.1 Å². The third-order valence-corrected chi connectivity index (χ3v) is 6.69. The van der Waals surface area contributed by atoms with E-state index in [1.165, 1.54) is 35.2 Å². The molecule has 0 aliphatic rings. The molecule has 0 unspecified atom stereocenters. The number of carbonyl (C=O) groups excluding carboxylic acids is 1. The Kier molecular flexibility index (Phi) is 10.8. The molecular weight excluding hydrogens is 526 g/mol. The van der Waals surface area contributed by atoms with E-state index in [0.717, 1.165) is 4.90 Å². The highest BCUT2D eigenvalue weighted by molar-refractivity contribution is 7.98. The molecule has 1 heterocycles. The summed E-state index contributed by atoms with van der Waals surface area (Å²) in [7, 11) is 1.54. The number of carbonyl (C=O) groups is 2. The van der Waals surface area contributed by atoms with Crippen molar-refractivity contribution in [3.8, 4) is 16.9 Å². The second-order valence-electron chi connectivity index (χ2n) is 7.63. The first-order valence-electron chi connectivity index (χ1n) is 11.1. The zero-order valence-electron chi connectivity index (χ0n) is 20.2. The van der Waals surface area contributed by atoms with E-state index in [0.29, 0.717) is 40.0 Å². The molecule has 0 atom stereocenters. The maximum atomic E-state index is 13.8. The van der Waals surface area contributed by atoms with Gasteiger partial charge < -0.3 is 24.2 Å². The molecule has 0 bridgehead atoms. The molecule has 3 aromatic rings. The summed E-state index contributed by atoms with van der Waals surface area (Å²) >= 11 is 2.54. The van der Waals surface area contributed by atoms with Crippen LogP contribution in [0.4, 0.5) is 8.78 Å². The first kappa shape index (κ1) is 28.5. The minimum Gasteiger partial charge on any atom is -0.486 e. The standard InChI is InChI=1S/C25H26F2N2O6S2/c1-33-9-10-34-8-7-29(13-24(30)31)25(32)21-15-37-23(28-21)14-35-17-5-3-16(4-6-17)18-11-19(26)20(27)12-22(18)36-2/h3-6,11-12,15H,7-10,13-14H2,1-2H3,(H,30,31). The molecule has 1 aromatic heterocycles. The molecule has 1 amide bonds. The van der Waals surface area contributed by atoms with Crippen molar-refractivity contribution in [2.24, 2.45) is 0 Å². The summed E-state index contributed by atoms with van der Waals surface area (Å²) in [5, 5.41) is 11.2. The Morgan fingerprint density at radius 2 is 1.84 bits per heavy atom. The Labute approximate surface area is 221 Å². The van der Waals surface area contributed by atoms with E-state index in [1.807, 2.05) is 0 Å². The molecule has 0 radical (unpaired) electrons. The van der Waals surface area contributed by atoms with Gasteiger partial charge in [-0.05, 0) is 41.6 Å². The summed E-state index contributed by atoms with van der Waals surface area (Å²) in [6.07, 6.45) is 1.79. The Hall–Kier alpha value is -3.06. The van der Waals surface area contributed by atoms with Gasteiger partial charge in [0.25, 0.3) is 5.91 Å². The van der Waals surface area contributed by atoms with Gasteiger partial charge in [0.15, 0.2) is 11.6 Å². The summed E-state index contributed by atoms with van der Waals surface area (Å²) in [6.45, 7) is 0.622. The molecule has 37 heavy (non-hydrogen) atoms. The van der Waals surface area contributed by atoms with E-state index in [4.69, 9.17) is 19.3 Å². The van der Waals surface area contributed by atoms with Crippen molar-refractivity contribution in [2.45, 2.75) is 11.5 Å². The molecule has 198 valence electrons. The lowest BCUT2D eigenvalue weighted by Gasteiger charge is -2.19. The lowest BCUT2D eigenvalue weighted by atomic mass is 10.1. The average molecular weight is 553 g/mol. The van der Waals surface area contributed by atoms with Crippen LogP contribution in [0.15, 0.2) is 46.7 Å². The summed E-state index contributed by atoms with van der Waals surface area (Å²) in [5.41, 5.74) is 1.42. The van der Waals surface area contributed by atoms with Crippen molar-refractivity contribution in [2.75, 3.05) is 46.3 Å². The highest BCUT2D eigenvalue weighted by Gasteiger charge is 2.21. The van der Waals surface area contributed by atoms with Crippen LogP contribution >= 0.6 is 23.1 Å². The molecule has 2 aromatic carbocycles. The zero-order valence-corrected chi connectivity index (χ0v) is 21.9. The monoisotopic (exact) mass is 552 g/mol. The van der Waals surface area contributed by atoms with Crippen LogP contribution in [0.5, 0.6) is 5.75 Å². The molecule has 12 heteroatoms. The Morgan fingerprint density at radius 1 is 1.11 bits per heavy atom. The summed E-state index contributed by atoms with van der Waals surface area (Å²) in [5.74, 6) is -2.93. The second kappa shape index (κ2) is 14.0. The molecule has 8 nitrogen and oxygen atoms in total. The van der Waals surface area contributed by atoms with Gasteiger partial charge in [0, 0.05) is 23.9 Å². The van der Waals surface area contributed by atoms with E-state index < -0.39 is 30.1 Å². The highest BCUT2D eigenvalue weighted by Crippen LogP contribution is 2.33. The number of methoxy groups -OCH3 is 1. The predicted octanol–water partition coefficient (Wildman–Crippen LogP) is 4.58. The van der Waals surface area contributed by atoms with Gasteiger partial charge in [0.1, 0.15) is 29.6 Å². The number of nitrogens with zero attached hydrogens (tertiary/aromatic N) is 2. The van der Waals surface area contributed by atoms with Crippen molar-refractivity contribution < 1.29 is 37.7 Å². The number of amides is 1. The molecule has 0 aliphatic carbocycles. The fourth-order valence-electron chi connectivity index (χ4n) is 3.27. The molecule has 3 rings (SSSR count). The van der Waals surface area contributed by atoms with Crippen LogP contribution in [0, 0.1) is 11.6 Å². The fraction of sp³-hybridized carbons (Fsp3) is 0.320. The minimum atomic E-state index is -1.14. The number of thiazole rings is 1. The fourth-order valence-corrected chi connectivity index (χ4v) is 4.57. The number of aliphatic carboxylic acids is 1. The summed E-state index contributed by atoms with van der Waals surface area (Å²) < 4.78 is 43.3. The Bertz CT molecular complexity index is 1210. The van der Waals surface area contributed by atoms with Crippen LogP contribution in [0.1, 0.15) is 15.5 Å². The number of hydrogen-bond donors (Lipinski definition) is 1. The van der Waals surface area contributed by atoms with E-state index in [-0.39, 0.29) is 25.5 Å². The van der Waals surface area contributed by atoms with Crippen LogP contribution in [-0.4, -0.2) is 73.1 Å². The van der Waals surface area contributed by atoms with Gasteiger partial charge in [-0.1, -0.05) is 12.1 Å². The topological polar surface area (TPSA) is 98.2 Å². The summed E-state index contributed by atoms with van der Waals surface area (Å²) in [4.78, 5) is 30.1. The first-order valence-corrected chi connectivity index (χ1v) is 13.2. The Balaban J connectivity index is 1.60. The number of aromatic nitrogens is 1. The minimum absolute atomic E-state index is 0.0948. The molecule has 0 saturated carbocycles. The van der Waals surface area contributed by atoms with Crippen LogP contribution in [0.2, 0.25) is 0 Å². The highest BCUT2D eigenvalue weighted by atomic mass is 32.2. The third kappa shape index (κ3) is 8.22. The molecule has 0 aliphatic heterocycles. The van der Waals surface area contributed by atoms with Gasteiger partial charge in [-0.3, -0.25) is 9.59 Å². The Morgan fingerprint density at radius 3 is 2.51 bits per heavy atom. The number of carboxylic acid groups (broad SMARTS) is 1. The number of thioether (sulfide) groups is 1. The number of halogens is 2. The molecular formula is C25H26F2N2O6S2. The molecule has 0 spiro atoms. The smallest absolute Gasteiger partial charge is 0.323 e. The van der Waals surface area contributed by atoms with Crippen LogP contribution in [0.3, 0.4) is 0 Å². The van der Waals surface area contributed by atoms with Crippen molar-refractivity contribution in [3.63, 3.8) is 0 Å². The van der Waals surface area contributed by atoms with E-state index in [2.05, 4.69) is 4.98 Å². The van der Waals surface area contributed by atoms with Gasteiger partial charge in [0.05, 0.1) is 19.8 Å². The van der Waals surface area contributed by atoms with Gasteiger partial charge in [-0.25, -0.2) is 13.8 Å². The van der Waals surface area contributed by atoms with Gasteiger partial charge in [-0.2, -0.15) is 0 Å². The molecule has 0 saturated heterocycles. The van der Waals surface area contributed by atoms with Crippen LogP contribution in [0.25, 0.3) is 11.1 Å². The largest absolute Gasteiger partial charge is 0.486 e. The molecule has 1 N–H and O–H groups in total. The maximum Gasteiger partial charge on any atom is 0.323 e. The normalized spacial score (nSPS) is 10.9. The predicted molar refractivity (Wildman–Crippen MR) is 136 cm³/mol. The van der Waals surface area contributed by atoms with E-state index in [1.54, 1.807) is 43.0 Å². The number of ether oxygens (including phenoxy) is 3. The number of rotatable bonds is 14. The summed E-state index contributed by atoms with van der Waals surface area (Å²) in [6, 6.07) is 9.25. The second-order valence-corrected chi connectivity index (χ2v) is 9.42. The van der Waals surface area contributed by atoms with Crippen molar-refractivity contribution in [1.82, 2.24) is 9.88 Å². The van der Waals surface area contributed by atoms with Crippen molar-refractivity contribution >= 4 is 35.0 Å². The van der Waals surface area contributed by atoms with E-state index in [9.17, 15) is 18.4 Å². The number of carboxylic acids is 1. The van der Waals surface area contributed by atoms with Gasteiger partial charge >= 0.3 is 5.97 Å². The molecule has 0 fully saturated rings.